The predicted octanol–water partition coefficient (Wildman–Crippen LogP) is 4.15. The second-order valence-electron chi connectivity index (χ2n) is 8.80. The number of hydrogen-bond donors (Lipinski definition) is 0. The van der Waals surface area contributed by atoms with Crippen molar-refractivity contribution in [3.05, 3.63) is 59.9 Å². The van der Waals surface area contributed by atoms with Gasteiger partial charge in [0.2, 0.25) is 0 Å². The van der Waals surface area contributed by atoms with E-state index in [1.807, 2.05) is 37.3 Å². The molecular weight excluding hydrogens is 420 g/mol. The Labute approximate surface area is 190 Å². The number of likely N-dealkylation sites (N-methyl/N-ethyl adjacent to an activating group) is 1. The molecule has 2 aliphatic heterocycles. The molecular formula is C25H30N4O2S. The highest BCUT2D eigenvalue weighted by molar-refractivity contribution is 7.90. The molecule has 32 heavy (non-hydrogen) atoms. The smallest absolute Gasteiger partial charge is 0.269 e. The summed E-state index contributed by atoms with van der Waals surface area (Å²) in [6, 6.07) is 11.4. The highest BCUT2D eigenvalue weighted by Gasteiger charge is 2.25. The van der Waals surface area contributed by atoms with E-state index in [-0.39, 0.29) is 0 Å². The first kappa shape index (κ1) is 21.2. The van der Waals surface area contributed by atoms with Crippen LogP contribution in [0.3, 0.4) is 0 Å². The minimum atomic E-state index is -3.78. The van der Waals surface area contributed by atoms with Gasteiger partial charge in [0.25, 0.3) is 10.0 Å². The third-order valence-electron chi connectivity index (χ3n) is 6.64. The van der Waals surface area contributed by atoms with Gasteiger partial charge in [-0.25, -0.2) is 17.4 Å². The van der Waals surface area contributed by atoms with Crippen molar-refractivity contribution < 1.29 is 8.42 Å². The summed E-state index contributed by atoms with van der Waals surface area (Å²) in [7, 11) is -1.68. The Morgan fingerprint density at radius 1 is 1.06 bits per heavy atom. The van der Waals surface area contributed by atoms with Crippen LogP contribution in [-0.4, -0.2) is 55.5 Å². The van der Waals surface area contributed by atoms with E-state index in [4.69, 9.17) is 4.98 Å². The molecule has 4 heterocycles. The molecule has 0 saturated carbocycles. The molecule has 1 aromatic carbocycles. The molecule has 0 unspecified atom stereocenters. The lowest BCUT2D eigenvalue weighted by atomic mass is 10.00. The number of anilines is 1. The van der Waals surface area contributed by atoms with Crippen LogP contribution in [0.1, 0.15) is 37.4 Å². The van der Waals surface area contributed by atoms with Gasteiger partial charge in [-0.3, -0.25) is 0 Å². The fraction of sp³-hybridized carbons (Fsp3) is 0.400. The SMILES string of the molecule is CCc1ccc2c(C3=CCN(C)CC3)cn(S(=O)(=O)c3cccc(N4CCCC4)c3)c2n1. The molecule has 1 fully saturated rings. The zero-order valence-corrected chi connectivity index (χ0v) is 19.6. The molecule has 168 valence electrons. The maximum atomic E-state index is 13.8. The largest absolute Gasteiger partial charge is 0.371 e. The topological polar surface area (TPSA) is 58.4 Å². The van der Waals surface area contributed by atoms with Gasteiger partial charge in [-0.05, 0) is 68.6 Å². The molecule has 0 amide bonds. The number of aromatic nitrogens is 2. The lowest BCUT2D eigenvalue weighted by Gasteiger charge is -2.21. The van der Waals surface area contributed by atoms with Gasteiger partial charge in [0.1, 0.15) is 0 Å². The van der Waals surface area contributed by atoms with Crippen LogP contribution in [0.15, 0.2) is 53.6 Å². The van der Waals surface area contributed by atoms with Gasteiger partial charge in [0, 0.05) is 54.7 Å². The normalized spacial score (nSPS) is 17.8. The highest BCUT2D eigenvalue weighted by Crippen LogP contribution is 2.33. The first-order valence-electron chi connectivity index (χ1n) is 11.5. The van der Waals surface area contributed by atoms with Crippen LogP contribution in [0.5, 0.6) is 0 Å². The average molecular weight is 451 g/mol. The van der Waals surface area contributed by atoms with Gasteiger partial charge in [-0.15, -0.1) is 0 Å². The summed E-state index contributed by atoms with van der Waals surface area (Å²) in [5.74, 6) is 0. The van der Waals surface area contributed by atoms with E-state index in [1.165, 1.54) is 9.55 Å². The molecule has 6 nitrogen and oxygen atoms in total. The summed E-state index contributed by atoms with van der Waals surface area (Å²) in [4.78, 5) is 9.58. The van der Waals surface area contributed by atoms with Crippen LogP contribution in [0, 0.1) is 0 Å². The van der Waals surface area contributed by atoms with Gasteiger partial charge >= 0.3 is 0 Å². The van der Waals surface area contributed by atoms with Crippen LogP contribution >= 0.6 is 0 Å². The van der Waals surface area contributed by atoms with E-state index in [1.54, 1.807) is 12.3 Å². The van der Waals surface area contributed by atoms with Gasteiger partial charge in [-0.1, -0.05) is 19.1 Å². The van der Waals surface area contributed by atoms with E-state index >= 15 is 0 Å². The molecule has 0 bridgehead atoms. The Morgan fingerprint density at radius 3 is 2.59 bits per heavy atom. The summed E-state index contributed by atoms with van der Waals surface area (Å²) in [6.07, 6.45) is 7.94. The molecule has 7 heteroatoms. The molecule has 1 saturated heterocycles. The van der Waals surface area contributed by atoms with Crippen molar-refractivity contribution in [3.8, 4) is 0 Å². The summed E-state index contributed by atoms with van der Waals surface area (Å²) >= 11 is 0. The van der Waals surface area contributed by atoms with Gasteiger partial charge in [-0.2, -0.15) is 0 Å². The summed E-state index contributed by atoms with van der Waals surface area (Å²) < 4.78 is 29.1. The van der Waals surface area contributed by atoms with E-state index in [9.17, 15) is 8.42 Å². The van der Waals surface area contributed by atoms with Crippen molar-refractivity contribution in [1.29, 1.82) is 0 Å². The molecule has 0 aliphatic carbocycles. The van der Waals surface area contributed by atoms with Crippen molar-refractivity contribution in [2.24, 2.45) is 0 Å². The van der Waals surface area contributed by atoms with Crippen molar-refractivity contribution in [2.45, 2.75) is 37.5 Å². The van der Waals surface area contributed by atoms with Crippen molar-refractivity contribution >= 4 is 32.3 Å². The van der Waals surface area contributed by atoms with Crippen molar-refractivity contribution in [3.63, 3.8) is 0 Å². The zero-order valence-electron chi connectivity index (χ0n) is 18.8. The number of hydrogen-bond acceptors (Lipinski definition) is 5. The zero-order chi connectivity index (χ0) is 22.3. The summed E-state index contributed by atoms with van der Waals surface area (Å²) in [6.45, 7) is 5.82. The predicted molar refractivity (Wildman–Crippen MR) is 130 cm³/mol. The number of pyridine rings is 1. The van der Waals surface area contributed by atoms with Crippen LogP contribution in [-0.2, 0) is 16.4 Å². The van der Waals surface area contributed by atoms with Crippen LogP contribution in [0.2, 0.25) is 0 Å². The third-order valence-corrected chi connectivity index (χ3v) is 8.29. The summed E-state index contributed by atoms with van der Waals surface area (Å²) in [5.41, 5.74) is 4.55. The lowest BCUT2D eigenvalue weighted by Crippen LogP contribution is -2.23. The number of nitrogens with zero attached hydrogens (tertiary/aromatic N) is 4. The second-order valence-corrected chi connectivity index (χ2v) is 10.6. The number of aryl methyl sites for hydroxylation is 1. The Bertz CT molecular complexity index is 1290. The number of rotatable bonds is 5. The van der Waals surface area contributed by atoms with Crippen LogP contribution < -0.4 is 4.90 Å². The number of fused-ring (bicyclic) bond motifs is 1. The standard InChI is InChI=1S/C25H30N4O2S/c1-3-20-9-10-23-24(19-11-15-27(2)16-12-19)18-29(25(23)26-20)32(30,31)22-8-6-7-21(17-22)28-13-4-5-14-28/h6-11,17-18H,3-5,12-16H2,1-2H3. The van der Waals surface area contributed by atoms with Gasteiger partial charge in [0.05, 0.1) is 4.90 Å². The third kappa shape index (κ3) is 3.73. The lowest BCUT2D eigenvalue weighted by molar-refractivity contribution is 0.370. The minimum Gasteiger partial charge on any atom is -0.371 e. The number of benzene rings is 1. The molecule has 0 atom stereocenters. The summed E-state index contributed by atoms with van der Waals surface area (Å²) in [5, 5.41) is 0.900. The minimum absolute atomic E-state index is 0.311. The molecule has 2 aromatic heterocycles. The Kier molecular flexibility index (Phi) is 5.55. The van der Waals surface area contributed by atoms with E-state index in [0.717, 1.165) is 74.2 Å². The van der Waals surface area contributed by atoms with Gasteiger partial charge in [0.15, 0.2) is 5.65 Å². The molecule has 0 N–H and O–H groups in total. The van der Waals surface area contributed by atoms with E-state index < -0.39 is 10.0 Å². The van der Waals surface area contributed by atoms with Crippen molar-refractivity contribution in [1.82, 2.24) is 13.9 Å². The molecule has 2 aliphatic rings. The Hall–Kier alpha value is -2.64. The second kappa shape index (κ2) is 8.37. The molecule has 3 aromatic rings. The monoisotopic (exact) mass is 450 g/mol. The van der Waals surface area contributed by atoms with E-state index in [2.05, 4.69) is 22.9 Å². The van der Waals surface area contributed by atoms with E-state index in [0.29, 0.717) is 10.5 Å². The van der Waals surface area contributed by atoms with Crippen LogP contribution in [0.4, 0.5) is 5.69 Å². The molecule has 0 radical (unpaired) electrons. The maximum Gasteiger partial charge on any atom is 0.269 e. The fourth-order valence-corrected chi connectivity index (χ4v) is 6.05. The van der Waals surface area contributed by atoms with Crippen LogP contribution in [0.25, 0.3) is 16.6 Å². The van der Waals surface area contributed by atoms with Crippen molar-refractivity contribution in [2.75, 3.05) is 38.1 Å². The quantitative estimate of drug-likeness (QED) is 0.584. The molecule has 5 rings (SSSR count). The fourth-order valence-electron chi connectivity index (χ4n) is 4.69. The Balaban J connectivity index is 1.65. The molecule has 0 spiro atoms. The highest BCUT2D eigenvalue weighted by atomic mass is 32.2. The average Bonchev–Trinajstić information content (AvgIpc) is 3.48. The van der Waals surface area contributed by atoms with Gasteiger partial charge < -0.3 is 9.80 Å². The first-order valence-corrected chi connectivity index (χ1v) is 12.9. The first-order chi connectivity index (χ1) is 15.5. The Morgan fingerprint density at radius 2 is 1.88 bits per heavy atom. The maximum absolute atomic E-state index is 13.8.